The van der Waals surface area contributed by atoms with Gasteiger partial charge in [-0.2, -0.15) is 0 Å². The number of rotatable bonds is 4. The zero-order valence-corrected chi connectivity index (χ0v) is 8.58. The molecular formula is C10H12ClNO2. The van der Waals surface area contributed by atoms with Gasteiger partial charge in [-0.1, -0.05) is 30.7 Å². The number of para-hydroxylation sites is 1. The minimum absolute atomic E-state index is 0.514. The van der Waals surface area contributed by atoms with E-state index in [1.165, 1.54) is 0 Å². The van der Waals surface area contributed by atoms with Crippen molar-refractivity contribution in [2.75, 3.05) is 5.32 Å². The van der Waals surface area contributed by atoms with E-state index in [-0.39, 0.29) is 0 Å². The van der Waals surface area contributed by atoms with Crippen LogP contribution in [0.5, 0.6) is 0 Å². The van der Waals surface area contributed by atoms with Crippen LogP contribution in [0.25, 0.3) is 0 Å². The number of aliphatic carboxylic acids is 1. The summed E-state index contributed by atoms with van der Waals surface area (Å²) in [7, 11) is 0. The fourth-order valence-corrected chi connectivity index (χ4v) is 1.29. The van der Waals surface area contributed by atoms with E-state index in [0.717, 1.165) is 0 Å². The van der Waals surface area contributed by atoms with Gasteiger partial charge in [0.2, 0.25) is 0 Å². The molecule has 0 spiro atoms. The number of nitrogens with one attached hydrogen (secondary N) is 1. The minimum atomic E-state index is -0.868. The quantitative estimate of drug-likeness (QED) is 0.809. The van der Waals surface area contributed by atoms with E-state index in [1.807, 2.05) is 13.0 Å². The van der Waals surface area contributed by atoms with Crippen molar-refractivity contribution in [3.63, 3.8) is 0 Å². The first kappa shape index (κ1) is 10.9. The second kappa shape index (κ2) is 4.86. The molecule has 0 aliphatic rings. The molecule has 0 heterocycles. The van der Waals surface area contributed by atoms with Crippen molar-refractivity contribution < 1.29 is 9.90 Å². The van der Waals surface area contributed by atoms with Crippen LogP contribution in [-0.2, 0) is 4.79 Å². The number of hydrogen-bond donors (Lipinski definition) is 2. The summed E-state index contributed by atoms with van der Waals surface area (Å²) < 4.78 is 0. The number of anilines is 1. The average molecular weight is 214 g/mol. The fraction of sp³-hybridized carbons (Fsp3) is 0.300. The van der Waals surface area contributed by atoms with Gasteiger partial charge in [0.15, 0.2) is 0 Å². The third-order valence-corrected chi connectivity index (χ3v) is 2.24. The number of carboxylic acids is 1. The molecule has 2 N–H and O–H groups in total. The molecule has 1 atom stereocenters. The summed E-state index contributed by atoms with van der Waals surface area (Å²) in [6.45, 7) is 1.81. The van der Waals surface area contributed by atoms with Crippen molar-refractivity contribution in [1.29, 1.82) is 0 Å². The van der Waals surface area contributed by atoms with Crippen molar-refractivity contribution in [3.05, 3.63) is 29.3 Å². The highest BCUT2D eigenvalue weighted by Crippen LogP contribution is 2.21. The molecule has 0 aliphatic carbocycles. The molecule has 0 saturated carbocycles. The normalized spacial score (nSPS) is 12.1. The summed E-state index contributed by atoms with van der Waals surface area (Å²) in [6, 6.07) is 6.50. The van der Waals surface area contributed by atoms with Gasteiger partial charge in [0.1, 0.15) is 6.04 Å². The van der Waals surface area contributed by atoms with Gasteiger partial charge >= 0.3 is 5.97 Å². The monoisotopic (exact) mass is 213 g/mol. The molecule has 4 heteroatoms. The molecule has 3 nitrogen and oxygen atoms in total. The van der Waals surface area contributed by atoms with Gasteiger partial charge in [-0.25, -0.2) is 4.79 Å². The van der Waals surface area contributed by atoms with E-state index >= 15 is 0 Å². The Labute approximate surface area is 87.7 Å². The van der Waals surface area contributed by atoms with Crippen molar-refractivity contribution in [2.45, 2.75) is 19.4 Å². The molecule has 1 aromatic carbocycles. The molecular weight excluding hydrogens is 202 g/mol. The Bertz CT molecular complexity index is 328. The van der Waals surface area contributed by atoms with Gasteiger partial charge in [-0.15, -0.1) is 0 Å². The molecule has 0 fully saturated rings. The van der Waals surface area contributed by atoms with Crippen LogP contribution in [0.3, 0.4) is 0 Å². The molecule has 1 aromatic rings. The topological polar surface area (TPSA) is 49.3 Å². The van der Waals surface area contributed by atoms with Gasteiger partial charge in [-0.05, 0) is 18.6 Å². The van der Waals surface area contributed by atoms with Crippen molar-refractivity contribution in [2.24, 2.45) is 0 Å². The molecule has 0 bridgehead atoms. The van der Waals surface area contributed by atoms with Gasteiger partial charge in [-0.3, -0.25) is 0 Å². The smallest absolute Gasteiger partial charge is 0.326 e. The van der Waals surface area contributed by atoms with Gasteiger partial charge in [0.05, 0.1) is 10.7 Å². The summed E-state index contributed by atoms with van der Waals surface area (Å²) >= 11 is 5.87. The molecule has 0 saturated heterocycles. The lowest BCUT2D eigenvalue weighted by Gasteiger charge is -2.14. The summed E-state index contributed by atoms with van der Waals surface area (Å²) in [5.74, 6) is -0.868. The summed E-state index contributed by atoms with van der Waals surface area (Å²) in [5, 5.41) is 12.2. The van der Waals surface area contributed by atoms with Crippen LogP contribution in [0.2, 0.25) is 5.02 Å². The first-order chi connectivity index (χ1) is 6.65. The molecule has 1 rings (SSSR count). The predicted octanol–water partition coefficient (Wildman–Crippen LogP) is 2.62. The number of carbonyl (C=O) groups is 1. The lowest BCUT2D eigenvalue weighted by Crippen LogP contribution is -2.28. The van der Waals surface area contributed by atoms with Gasteiger partial charge < -0.3 is 10.4 Å². The number of hydrogen-bond acceptors (Lipinski definition) is 2. The first-order valence-electron chi connectivity index (χ1n) is 4.39. The molecule has 14 heavy (non-hydrogen) atoms. The average Bonchev–Trinajstić information content (AvgIpc) is 2.16. The van der Waals surface area contributed by atoms with Crippen LogP contribution in [0.15, 0.2) is 24.3 Å². The van der Waals surface area contributed by atoms with E-state index in [2.05, 4.69) is 5.32 Å². The highest BCUT2D eigenvalue weighted by molar-refractivity contribution is 6.33. The molecule has 0 radical (unpaired) electrons. The molecule has 0 unspecified atom stereocenters. The Balaban J connectivity index is 2.77. The minimum Gasteiger partial charge on any atom is -0.480 e. The Morgan fingerprint density at radius 2 is 2.21 bits per heavy atom. The Morgan fingerprint density at radius 1 is 1.57 bits per heavy atom. The van der Waals surface area contributed by atoms with Crippen LogP contribution >= 0.6 is 11.6 Å². The Kier molecular flexibility index (Phi) is 3.77. The van der Waals surface area contributed by atoms with E-state index in [0.29, 0.717) is 17.1 Å². The predicted molar refractivity (Wildman–Crippen MR) is 56.8 cm³/mol. The van der Waals surface area contributed by atoms with Gasteiger partial charge in [0.25, 0.3) is 0 Å². The third-order valence-electron chi connectivity index (χ3n) is 1.91. The Hall–Kier alpha value is -1.22. The first-order valence-corrected chi connectivity index (χ1v) is 4.76. The number of carboxylic acid groups (broad SMARTS) is 1. The SMILES string of the molecule is CC[C@@H](Nc1ccccc1Cl)C(=O)O. The zero-order valence-electron chi connectivity index (χ0n) is 7.83. The highest BCUT2D eigenvalue weighted by atomic mass is 35.5. The lowest BCUT2D eigenvalue weighted by molar-refractivity contribution is -0.137. The van der Waals surface area contributed by atoms with Crippen LogP contribution in [0, 0.1) is 0 Å². The Morgan fingerprint density at radius 3 is 2.71 bits per heavy atom. The number of benzene rings is 1. The van der Waals surface area contributed by atoms with Gasteiger partial charge in [0, 0.05) is 0 Å². The fourth-order valence-electron chi connectivity index (χ4n) is 1.10. The van der Waals surface area contributed by atoms with E-state index in [1.54, 1.807) is 18.2 Å². The third kappa shape index (κ3) is 2.64. The maximum Gasteiger partial charge on any atom is 0.326 e. The lowest BCUT2D eigenvalue weighted by atomic mass is 10.2. The largest absolute Gasteiger partial charge is 0.480 e. The van der Waals surface area contributed by atoms with Crippen molar-refractivity contribution >= 4 is 23.3 Å². The molecule has 0 amide bonds. The molecule has 76 valence electrons. The van der Waals surface area contributed by atoms with Crippen LogP contribution in [0.1, 0.15) is 13.3 Å². The van der Waals surface area contributed by atoms with Crippen molar-refractivity contribution in [3.8, 4) is 0 Å². The molecule has 0 aliphatic heterocycles. The summed E-state index contributed by atoms with van der Waals surface area (Å²) in [4.78, 5) is 10.7. The van der Waals surface area contributed by atoms with E-state index < -0.39 is 12.0 Å². The standard InChI is InChI=1S/C10H12ClNO2/c1-2-8(10(13)14)12-9-6-4-3-5-7(9)11/h3-6,8,12H,2H2,1H3,(H,13,14)/t8-/m1/s1. The van der Waals surface area contributed by atoms with Crippen molar-refractivity contribution in [1.82, 2.24) is 0 Å². The second-order valence-electron chi connectivity index (χ2n) is 2.92. The summed E-state index contributed by atoms with van der Waals surface area (Å²) in [5.41, 5.74) is 0.656. The maximum absolute atomic E-state index is 10.7. The van der Waals surface area contributed by atoms with E-state index in [4.69, 9.17) is 16.7 Å². The van der Waals surface area contributed by atoms with Crippen LogP contribution in [0.4, 0.5) is 5.69 Å². The molecule has 0 aromatic heterocycles. The van der Waals surface area contributed by atoms with E-state index in [9.17, 15) is 4.79 Å². The zero-order chi connectivity index (χ0) is 10.6. The van der Waals surface area contributed by atoms with Crippen LogP contribution < -0.4 is 5.32 Å². The van der Waals surface area contributed by atoms with Crippen LogP contribution in [-0.4, -0.2) is 17.1 Å². The second-order valence-corrected chi connectivity index (χ2v) is 3.33. The number of halogens is 1. The summed E-state index contributed by atoms with van der Waals surface area (Å²) in [6.07, 6.45) is 0.514. The highest BCUT2D eigenvalue weighted by Gasteiger charge is 2.14. The maximum atomic E-state index is 10.7.